The number of hydrogen-bond acceptors (Lipinski definition) is 4. The number of methoxy groups -OCH3 is 1. The lowest BCUT2D eigenvalue weighted by Crippen LogP contribution is -2.27. The Morgan fingerprint density at radius 3 is 2.38 bits per heavy atom. The summed E-state index contributed by atoms with van der Waals surface area (Å²) in [6, 6.07) is 3.54. The van der Waals surface area contributed by atoms with Crippen LogP contribution in [0.3, 0.4) is 0 Å². The van der Waals surface area contributed by atoms with Gasteiger partial charge in [0.2, 0.25) is 0 Å². The van der Waals surface area contributed by atoms with Crippen LogP contribution in [0.15, 0.2) is 12.1 Å². The lowest BCUT2D eigenvalue weighted by Gasteiger charge is -2.20. The Hall–Kier alpha value is -1.10. The number of rotatable bonds is 4. The molecule has 0 aliphatic heterocycles. The Morgan fingerprint density at radius 1 is 1.25 bits per heavy atom. The molecule has 0 heterocycles. The van der Waals surface area contributed by atoms with Crippen molar-refractivity contribution >= 4 is 0 Å². The van der Waals surface area contributed by atoms with Crippen molar-refractivity contribution in [3.63, 3.8) is 0 Å². The second kappa shape index (κ2) is 5.30. The molecule has 2 atom stereocenters. The highest BCUT2D eigenvalue weighted by Gasteiger charge is 2.20. The van der Waals surface area contributed by atoms with Crippen LogP contribution in [0.2, 0.25) is 0 Å². The maximum Gasteiger partial charge on any atom is 0.122 e. The average Bonchev–Trinajstić information content (AvgIpc) is 2.30. The smallest absolute Gasteiger partial charge is 0.122 e. The summed E-state index contributed by atoms with van der Waals surface area (Å²) in [6.45, 7) is 3.84. The van der Waals surface area contributed by atoms with E-state index >= 15 is 0 Å². The molecule has 1 rings (SSSR count). The van der Waals surface area contributed by atoms with Gasteiger partial charge in [0.1, 0.15) is 11.9 Å². The van der Waals surface area contributed by atoms with Crippen LogP contribution in [0.25, 0.3) is 0 Å². The van der Waals surface area contributed by atoms with E-state index in [2.05, 4.69) is 0 Å². The predicted octanol–water partition coefficient (Wildman–Crippen LogP) is 0.665. The Balaban J connectivity index is 3.11. The molecule has 0 fully saturated rings. The van der Waals surface area contributed by atoms with Gasteiger partial charge in [-0.1, -0.05) is 6.07 Å². The number of benzene rings is 1. The Bertz CT molecular complexity index is 366. The first-order valence-corrected chi connectivity index (χ1v) is 5.23. The monoisotopic (exact) mass is 225 g/mol. The molecule has 4 N–H and O–H groups in total. The van der Waals surface area contributed by atoms with E-state index in [9.17, 15) is 10.2 Å². The van der Waals surface area contributed by atoms with Gasteiger partial charge in [-0.15, -0.1) is 0 Å². The van der Waals surface area contributed by atoms with Gasteiger partial charge in [0.05, 0.1) is 13.2 Å². The molecule has 0 saturated heterocycles. The van der Waals surface area contributed by atoms with Crippen LogP contribution >= 0.6 is 0 Å². The molecule has 0 radical (unpaired) electrons. The molecule has 16 heavy (non-hydrogen) atoms. The van der Waals surface area contributed by atoms with Crippen molar-refractivity contribution in [2.75, 3.05) is 13.7 Å². The summed E-state index contributed by atoms with van der Waals surface area (Å²) in [4.78, 5) is 0. The maximum atomic E-state index is 9.89. The van der Waals surface area contributed by atoms with E-state index in [1.807, 2.05) is 13.8 Å². The molecule has 0 aromatic heterocycles. The van der Waals surface area contributed by atoms with E-state index in [0.29, 0.717) is 5.56 Å². The largest absolute Gasteiger partial charge is 0.496 e. The summed E-state index contributed by atoms with van der Waals surface area (Å²) in [5, 5.41) is 19.4. The maximum absolute atomic E-state index is 9.89. The second-order valence-corrected chi connectivity index (χ2v) is 3.85. The van der Waals surface area contributed by atoms with Crippen LogP contribution in [0, 0.1) is 13.8 Å². The Labute approximate surface area is 95.7 Å². The third kappa shape index (κ3) is 2.35. The molecule has 0 spiro atoms. The fourth-order valence-electron chi connectivity index (χ4n) is 1.69. The van der Waals surface area contributed by atoms with Crippen LogP contribution in [-0.4, -0.2) is 30.0 Å². The second-order valence-electron chi connectivity index (χ2n) is 3.85. The third-order valence-electron chi connectivity index (χ3n) is 2.92. The zero-order chi connectivity index (χ0) is 12.3. The lowest BCUT2D eigenvalue weighted by atomic mass is 9.95. The van der Waals surface area contributed by atoms with E-state index in [1.165, 1.54) is 0 Å². The molecule has 4 heteroatoms. The van der Waals surface area contributed by atoms with Crippen molar-refractivity contribution in [2.24, 2.45) is 5.73 Å². The lowest BCUT2D eigenvalue weighted by molar-refractivity contribution is 0.0239. The van der Waals surface area contributed by atoms with Gasteiger partial charge in [0, 0.05) is 6.54 Å². The van der Waals surface area contributed by atoms with Crippen LogP contribution in [-0.2, 0) is 0 Å². The highest BCUT2D eigenvalue weighted by molar-refractivity contribution is 5.44. The normalized spacial score (nSPS) is 14.6. The predicted molar refractivity (Wildman–Crippen MR) is 62.5 cm³/mol. The average molecular weight is 225 g/mol. The van der Waals surface area contributed by atoms with E-state index in [4.69, 9.17) is 10.5 Å². The summed E-state index contributed by atoms with van der Waals surface area (Å²) in [5.41, 5.74) is 7.89. The summed E-state index contributed by atoms with van der Waals surface area (Å²) in [5.74, 6) is 0.774. The van der Waals surface area contributed by atoms with Crippen LogP contribution in [0.4, 0.5) is 0 Å². The van der Waals surface area contributed by atoms with Crippen molar-refractivity contribution in [3.05, 3.63) is 28.8 Å². The summed E-state index contributed by atoms with van der Waals surface area (Å²) in [6.07, 6.45) is -1.89. The number of nitrogens with two attached hydrogens (primary N) is 1. The molecule has 0 amide bonds. The van der Waals surface area contributed by atoms with Crippen molar-refractivity contribution in [2.45, 2.75) is 26.1 Å². The molecular weight excluding hydrogens is 206 g/mol. The van der Waals surface area contributed by atoms with Crippen molar-refractivity contribution in [1.82, 2.24) is 0 Å². The van der Waals surface area contributed by atoms with E-state index in [1.54, 1.807) is 19.2 Å². The topological polar surface area (TPSA) is 75.7 Å². The summed E-state index contributed by atoms with van der Waals surface area (Å²) < 4.78 is 5.18. The van der Waals surface area contributed by atoms with Gasteiger partial charge in [0.25, 0.3) is 0 Å². The fraction of sp³-hybridized carbons (Fsp3) is 0.500. The Kier molecular flexibility index (Phi) is 4.29. The molecule has 4 nitrogen and oxygen atoms in total. The first kappa shape index (κ1) is 13.0. The van der Waals surface area contributed by atoms with Gasteiger partial charge < -0.3 is 20.7 Å². The molecule has 1 aromatic carbocycles. The molecule has 90 valence electrons. The minimum atomic E-state index is -0.949. The van der Waals surface area contributed by atoms with E-state index in [-0.39, 0.29) is 6.54 Å². The quantitative estimate of drug-likeness (QED) is 0.704. The number of hydrogen-bond donors (Lipinski definition) is 3. The minimum Gasteiger partial charge on any atom is -0.496 e. The van der Waals surface area contributed by atoms with Crippen LogP contribution in [0.1, 0.15) is 22.8 Å². The van der Waals surface area contributed by atoms with Crippen LogP contribution in [0.5, 0.6) is 5.75 Å². The van der Waals surface area contributed by atoms with Crippen molar-refractivity contribution in [1.29, 1.82) is 0 Å². The Morgan fingerprint density at radius 2 is 1.88 bits per heavy atom. The van der Waals surface area contributed by atoms with Gasteiger partial charge in [0.15, 0.2) is 0 Å². The number of aliphatic hydroxyl groups is 2. The fourth-order valence-corrected chi connectivity index (χ4v) is 1.69. The first-order chi connectivity index (χ1) is 7.52. The van der Waals surface area contributed by atoms with Crippen molar-refractivity contribution < 1.29 is 14.9 Å². The highest BCUT2D eigenvalue weighted by atomic mass is 16.5. The summed E-state index contributed by atoms with van der Waals surface area (Å²) >= 11 is 0. The summed E-state index contributed by atoms with van der Waals surface area (Å²) in [7, 11) is 1.60. The SMILES string of the molecule is COc1ccc(C(O)C(O)CN)c(C)c1C. The number of ether oxygens (including phenoxy) is 1. The number of aliphatic hydroxyl groups excluding tert-OH is 2. The highest BCUT2D eigenvalue weighted by Crippen LogP contribution is 2.28. The molecule has 0 saturated carbocycles. The molecule has 1 aromatic rings. The van der Waals surface area contributed by atoms with Crippen molar-refractivity contribution in [3.8, 4) is 5.75 Å². The zero-order valence-electron chi connectivity index (χ0n) is 9.90. The minimum absolute atomic E-state index is 0.0334. The zero-order valence-corrected chi connectivity index (χ0v) is 9.90. The van der Waals surface area contributed by atoms with Crippen LogP contribution < -0.4 is 10.5 Å². The standard InChI is InChI=1S/C12H19NO3/c1-7-8(2)11(16-3)5-4-9(7)12(15)10(14)6-13/h4-5,10,12,14-15H,6,13H2,1-3H3. The molecular formula is C12H19NO3. The van der Waals surface area contributed by atoms with Gasteiger partial charge in [-0.2, -0.15) is 0 Å². The third-order valence-corrected chi connectivity index (χ3v) is 2.92. The molecule has 0 aliphatic carbocycles. The molecule has 0 aliphatic rings. The van der Waals surface area contributed by atoms with Gasteiger partial charge >= 0.3 is 0 Å². The first-order valence-electron chi connectivity index (χ1n) is 5.23. The van der Waals surface area contributed by atoms with E-state index < -0.39 is 12.2 Å². The van der Waals surface area contributed by atoms with Gasteiger partial charge in [-0.25, -0.2) is 0 Å². The molecule has 2 unspecified atom stereocenters. The van der Waals surface area contributed by atoms with Gasteiger partial charge in [-0.05, 0) is 36.6 Å². The van der Waals surface area contributed by atoms with Gasteiger partial charge in [-0.3, -0.25) is 0 Å². The molecule has 0 bridgehead atoms. The van der Waals surface area contributed by atoms with E-state index in [0.717, 1.165) is 16.9 Å².